The molecular formula is C32H56O4. The molecule has 0 bridgehead atoms. The van der Waals surface area contributed by atoms with Crippen LogP contribution in [-0.2, 0) is 19.1 Å². The minimum atomic E-state index is -0.0829. The van der Waals surface area contributed by atoms with Gasteiger partial charge in [-0.05, 0) is 55.8 Å². The number of carbonyl (C=O) groups is 2. The lowest BCUT2D eigenvalue weighted by atomic mass is 9.20. The molecule has 0 spiro atoms. The fourth-order valence-corrected chi connectivity index (χ4v) is 8.44. The van der Waals surface area contributed by atoms with E-state index in [2.05, 4.69) is 20.8 Å². The summed E-state index contributed by atoms with van der Waals surface area (Å²) in [6.45, 7) is 7.45. The monoisotopic (exact) mass is 504 g/mol. The molecule has 3 saturated carbocycles. The predicted molar refractivity (Wildman–Crippen MR) is 147 cm³/mol. The molecule has 0 aromatic rings. The first-order valence-corrected chi connectivity index (χ1v) is 15.8. The van der Waals surface area contributed by atoms with Gasteiger partial charge in [-0.1, -0.05) is 104 Å². The Balaban J connectivity index is 1.18. The zero-order valence-electron chi connectivity index (χ0n) is 24.0. The molecule has 0 saturated heterocycles. The van der Waals surface area contributed by atoms with Crippen LogP contribution >= 0.6 is 0 Å². The van der Waals surface area contributed by atoms with Crippen LogP contribution in [0.2, 0.25) is 0 Å². The molecule has 0 aliphatic heterocycles. The molecule has 3 fully saturated rings. The molecule has 4 atom stereocenters. The summed E-state index contributed by atoms with van der Waals surface area (Å²) in [7, 11) is 0. The minimum Gasteiger partial charge on any atom is -0.466 e. The Morgan fingerprint density at radius 2 is 1.22 bits per heavy atom. The topological polar surface area (TPSA) is 52.6 Å². The van der Waals surface area contributed by atoms with Gasteiger partial charge >= 0.3 is 11.9 Å². The van der Waals surface area contributed by atoms with E-state index in [4.69, 9.17) is 9.47 Å². The van der Waals surface area contributed by atoms with E-state index in [0.717, 1.165) is 51.4 Å². The molecule has 208 valence electrons. The molecule has 3 aliphatic rings. The Labute approximate surface area is 222 Å². The van der Waals surface area contributed by atoms with Crippen LogP contribution in [0.4, 0.5) is 0 Å². The summed E-state index contributed by atoms with van der Waals surface area (Å²) in [6, 6.07) is 0. The van der Waals surface area contributed by atoms with Gasteiger partial charge in [0.25, 0.3) is 0 Å². The molecule has 0 N–H and O–H groups in total. The molecule has 3 aliphatic carbocycles. The number of carbonyl (C=O) groups excluding carboxylic acids is 2. The smallest absolute Gasteiger partial charge is 0.306 e. The fraction of sp³-hybridized carbons (Fsp3) is 0.938. The third kappa shape index (κ3) is 7.50. The molecular weight excluding hydrogens is 448 g/mol. The highest BCUT2D eigenvalue weighted by molar-refractivity contribution is 5.70. The van der Waals surface area contributed by atoms with Crippen molar-refractivity contribution in [3.8, 4) is 0 Å². The average molecular weight is 505 g/mol. The summed E-state index contributed by atoms with van der Waals surface area (Å²) < 4.78 is 11.5. The normalized spacial score (nSPS) is 29.5. The van der Waals surface area contributed by atoms with Crippen molar-refractivity contribution in [3.05, 3.63) is 0 Å². The van der Waals surface area contributed by atoms with Crippen molar-refractivity contribution >= 4 is 11.9 Å². The maximum atomic E-state index is 12.5. The Bertz CT molecular complexity index is 690. The number of unbranched alkanes of at least 4 members (excludes halogenated alkanes) is 13. The Morgan fingerprint density at radius 3 is 1.86 bits per heavy atom. The fourth-order valence-electron chi connectivity index (χ4n) is 8.44. The van der Waals surface area contributed by atoms with Gasteiger partial charge in [0.2, 0.25) is 0 Å². The Hall–Kier alpha value is -1.06. The molecule has 3 rings (SSSR count). The molecule has 0 heterocycles. The van der Waals surface area contributed by atoms with E-state index < -0.39 is 0 Å². The molecule has 4 unspecified atom stereocenters. The van der Waals surface area contributed by atoms with E-state index in [0.29, 0.717) is 36.2 Å². The van der Waals surface area contributed by atoms with Crippen molar-refractivity contribution < 1.29 is 19.1 Å². The maximum absolute atomic E-state index is 12.5. The third-order valence-electron chi connectivity index (χ3n) is 9.56. The van der Waals surface area contributed by atoms with E-state index in [1.807, 2.05) is 0 Å². The van der Waals surface area contributed by atoms with Crippen LogP contribution in [-0.4, -0.2) is 24.1 Å². The average Bonchev–Trinajstić information content (AvgIpc) is 2.81. The summed E-state index contributed by atoms with van der Waals surface area (Å²) in [5.74, 6) is 0.693. The largest absolute Gasteiger partial charge is 0.466 e. The second-order valence-electron chi connectivity index (χ2n) is 12.9. The summed E-state index contributed by atoms with van der Waals surface area (Å²) in [4.78, 5) is 24.2. The molecule has 4 heteroatoms. The van der Waals surface area contributed by atoms with Crippen molar-refractivity contribution in [2.75, 3.05) is 6.61 Å². The van der Waals surface area contributed by atoms with Crippen molar-refractivity contribution in [1.82, 2.24) is 0 Å². The van der Waals surface area contributed by atoms with Gasteiger partial charge in [-0.2, -0.15) is 0 Å². The number of hydrogen-bond acceptors (Lipinski definition) is 4. The summed E-state index contributed by atoms with van der Waals surface area (Å²) >= 11 is 0. The van der Waals surface area contributed by atoms with E-state index in [9.17, 15) is 9.59 Å². The van der Waals surface area contributed by atoms with Gasteiger partial charge in [-0.15, -0.1) is 0 Å². The number of rotatable bonds is 22. The van der Waals surface area contributed by atoms with Crippen molar-refractivity contribution in [1.29, 1.82) is 0 Å². The van der Waals surface area contributed by atoms with Crippen LogP contribution < -0.4 is 0 Å². The quantitative estimate of drug-likeness (QED) is 0.109. The predicted octanol–water partition coefficient (Wildman–Crippen LogP) is 9.08. The van der Waals surface area contributed by atoms with Crippen LogP contribution in [0.15, 0.2) is 0 Å². The molecule has 4 nitrogen and oxygen atoms in total. The lowest BCUT2D eigenvalue weighted by Crippen LogP contribution is -2.85. The van der Waals surface area contributed by atoms with E-state index >= 15 is 0 Å². The molecule has 36 heavy (non-hydrogen) atoms. The zero-order chi connectivity index (χ0) is 25.9. The first kappa shape index (κ1) is 29.5. The number of hydrogen-bond donors (Lipinski definition) is 0. The van der Waals surface area contributed by atoms with Gasteiger partial charge < -0.3 is 9.47 Å². The highest BCUT2D eigenvalue weighted by Crippen LogP contribution is 2.87. The van der Waals surface area contributed by atoms with Crippen LogP contribution in [0.25, 0.3) is 0 Å². The first-order valence-electron chi connectivity index (χ1n) is 15.8. The zero-order valence-corrected chi connectivity index (χ0v) is 24.0. The first-order chi connectivity index (χ1) is 17.4. The van der Waals surface area contributed by atoms with Crippen LogP contribution in [0, 0.1) is 16.7 Å². The van der Waals surface area contributed by atoms with Crippen LogP contribution in [0.3, 0.4) is 0 Å². The van der Waals surface area contributed by atoms with E-state index in [-0.39, 0.29) is 17.5 Å². The van der Waals surface area contributed by atoms with Gasteiger partial charge in [0.1, 0.15) is 5.60 Å². The molecule has 0 amide bonds. The summed E-state index contributed by atoms with van der Waals surface area (Å²) in [5, 5.41) is 0. The number of esters is 2. The van der Waals surface area contributed by atoms with Gasteiger partial charge in [0, 0.05) is 18.8 Å². The summed E-state index contributed by atoms with van der Waals surface area (Å²) in [5.41, 5.74) is 0.853. The molecule has 0 aromatic carbocycles. The Kier molecular flexibility index (Phi) is 11.6. The Morgan fingerprint density at radius 1 is 0.667 bits per heavy atom. The lowest BCUT2D eigenvalue weighted by Gasteiger charge is -2.85. The van der Waals surface area contributed by atoms with Crippen molar-refractivity contribution in [3.63, 3.8) is 0 Å². The van der Waals surface area contributed by atoms with Crippen molar-refractivity contribution in [2.45, 2.75) is 168 Å². The van der Waals surface area contributed by atoms with Crippen LogP contribution in [0.1, 0.15) is 162 Å². The van der Waals surface area contributed by atoms with Gasteiger partial charge in [-0.25, -0.2) is 0 Å². The van der Waals surface area contributed by atoms with Gasteiger partial charge in [-0.3, -0.25) is 9.59 Å². The highest BCUT2D eigenvalue weighted by atomic mass is 16.6. The SMILES string of the molecule is CCCCCCCC(=O)OCCCCCCCCC12CC3(C)CC(OC(=O)CCCCCCC)(C1)C32. The third-order valence-corrected chi connectivity index (χ3v) is 9.56. The highest BCUT2D eigenvalue weighted by Gasteiger charge is 2.85. The van der Waals surface area contributed by atoms with E-state index in [1.54, 1.807) is 0 Å². The number of ether oxygens (including phenoxy) is 2. The standard InChI is InChI=1S/C32H56O4/c1-4-6-8-12-16-20-27(33)35-23-19-15-11-10-14-18-22-31-24-30(3)25-32(26-31,29(30)31)36-28(34)21-17-13-9-7-5-2/h29H,4-26H2,1-3H3. The van der Waals surface area contributed by atoms with Crippen molar-refractivity contribution in [2.24, 2.45) is 16.7 Å². The molecule has 0 radical (unpaired) electrons. The lowest BCUT2D eigenvalue weighted by molar-refractivity contribution is -0.410. The van der Waals surface area contributed by atoms with Crippen LogP contribution in [0.5, 0.6) is 0 Å². The molecule has 0 aromatic heterocycles. The second-order valence-corrected chi connectivity index (χ2v) is 12.9. The second kappa shape index (κ2) is 14.2. The van der Waals surface area contributed by atoms with E-state index in [1.165, 1.54) is 77.0 Å². The summed E-state index contributed by atoms with van der Waals surface area (Å²) in [6.07, 6.45) is 25.2. The minimum absolute atomic E-state index is 0.0107. The van der Waals surface area contributed by atoms with Gasteiger partial charge in [0.05, 0.1) is 6.61 Å². The van der Waals surface area contributed by atoms with Gasteiger partial charge in [0.15, 0.2) is 0 Å². The maximum Gasteiger partial charge on any atom is 0.306 e.